The van der Waals surface area contributed by atoms with Gasteiger partial charge in [0.25, 0.3) is 5.91 Å². The number of carbonyl (C=O) groups excluding carboxylic acids is 2. The van der Waals surface area contributed by atoms with Gasteiger partial charge in [-0.25, -0.2) is 8.42 Å². The summed E-state index contributed by atoms with van der Waals surface area (Å²) in [5.74, 6) is -0.149. The van der Waals surface area contributed by atoms with Gasteiger partial charge < -0.3 is 19.4 Å². The number of halogens is 1. The molecule has 1 aromatic carbocycles. The third-order valence-electron chi connectivity index (χ3n) is 5.56. The first-order chi connectivity index (χ1) is 15.8. The Kier molecular flexibility index (Phi) is 7.35. The summed E-state index contributed by atoms with van der Waals surface area (Å²) in [6.45, 7) is 3.32. The van der Waals surface area contributed by atoms with Crippen molar-refractivity contribution in [1.29, 1.82) is 0 Å². The van der Waals surface area contributed by atoms with E-state index in [9.17, 15) is 18.0 Å². The molecule has 3 heterocycles. The van der Waals surface area contributed by atoms with Crippen LogP contribution in [0.5, 0.6) is 0 Å². The van der Waals surface area contributed by atoms with Crippen LogP contribution in [0.25, 0.3) is 0 Å². The third-order valence-corrected chi connectivity index (χ3v) is 7.94. The van der Waals surface area contributed by atoms with Gasteiger partial charge in [-0.3, -0.25) is 14.5 Å². The number of nitrogens with one attached hydrogen (secondary N) is 1. The Hall–Kier alpha value is -2.44. The second-order valence-electron chi connectivity index (χ2n) is 7.76. The number of amides is 2. The molecule has 0 bridgehead atoms. The predicted molar refractivity (Wildman–Crippen MR) is 121 cm³/mol. The van der Waals surface area contributed by atoms with Gasteiger partial charge in [-0.15, -0.1) is 0 Å². The smallest absolute Gasteiger partial charge is 0.289 e. The lowest BCUT2D eigenvalue weighted by Crippen LogP contribution is -2.50. The van der Waals surface area contributed by atoms with E-state index in [2.05, 4.69) is 5.32 Å². The number of benzene rings is 1. The quantitative estimate of drug-likeness (QED) is 0.642. The molecule has 1 N–H and O–H groups in total. The molecule has 2 aromatic rings. The molecule has 0 atom stereocenters. The molecule has 0 unspecified atom stereocenters. The molecule has 4 rings (SSSR count). The van der Waals surface area contributed by atoms with E-state index in [4.69, 9.17) is 20.8 Å². The molecule has 2 fully saturated rings. The average molecular weight is 497 g/mol. The molecule has 2 aliphatic rings. The van der Waals surface area contributed by atoms with Gasteiger partial charge in [-0.1, -0.05) is 11.6 Å². The predicted octanol–water partition coefficient (Wildman–Crippen LogP) is 1.35. The molecule has 33 heavy (non-hydrogen) atoms. The Morgan fingerprint density at radius 2 is 1.76 bits per heavy atom. The van der Waals surface area contributed by atoms with E-state index in [1.165, 1.54) is 22.7 Å². The summed E-state index contributed by atoms with van der Waals surface area (Å²) in [6, 6.07) is 7.71. The van der Waals surface area contributed by atoms with Crippen LogP contribution in [0.2, 0.25) is 5.02 Å². The van der Waals surface area contributed by atoms with Crippen LogP contribution in [-0.2, 0) is 19.6 Å². The van der Waals surface area contributed by atoms with Crippen molar-refractivity contribution >= 4 is 39.1 Å². The van der Waals surface area contributed by atoms with Gasteiger partial charge in [0, 0.05) is 45.0 Å². The molecule has 1 aromatic heterocycles. The van der Waals surface area contributed by atoms with Crippen molar-refractivity contribution in [2.24, 2.45) is 0 Å². The van der Waals surface area contributed by atoms with E-state index in [-0.39, 0.29) is 41.4 Å². The number of ether oxygens (including phenoxy) is 1. The summed E-state index contributed by atoms with van der Waals surface area (Å²) in [4.78, 5) is 28.5. The minimum absolute atomic E-state index is 0.0473. The first-order valence-electron chi connectivity index (χ1n) is 10.6. The molecule has 0 radical (unpaired) electrons. The minimum atomic E-state index is -3.80. The van der Waals surface area contributed by atoms with E-state index in [0.29, 0.717) is 50.8 Å². The largest absolute Gasteiger partial charge is 0.459 e. The number of nitrogens with zero attached hydrogens (tertiary/aromatic N) is 3. The number of sulfonamides is 1. The van der Waals surface area contributed by atoms with Gasteiger partial charge in [0.1, 0.15) is 4.90 Å². The minimum Gasteiger partial charge on any atom is -0.459 e. The van der Waals surface area contributed by atoms with Gasteiger partial charge in [0.05, 0.1) is 31.0 Å². The Morgan fingerprint density at radius 1 is 1.03 bits per heavy atom. The fourth-order valence-corrected chi connectivity index (χ4v) is 5.68. The summed E-state index contributed by atoms with van der Waals surface area (Å²) in [5, 5.41) is 2.84. The van der Waals surface area contributed by atoms with Crippen molar-refractivity contribution in [2.75, 3.05) is 64.3 Å². The number of anilines is 1. The molecule has 12 heteroatoms. The maximum Gasteiger partial charge on any atom is 0.289 e. The first-order valence-corrected chi connectivity index (χ1v) is 12.4. The van der Waals surface area contributed by atoms with Gasteiger partial charge >= 0.3 is 0 Å². The highest BCUT2D eigenvalue weighted by Gasteiger charge is 2.29. The summed E-state index contributed by atoms with van der Waals surface area (Å²) in [5.41, 5.74) is 0.350. The molecule has 2 amide bonds. The van der Waals surface area contributed by atoms with Gasteiger partial charge in [0.2, 0.25) is 15.9 Å². The number of hydrogen-bond donors (Lipinski definition) is 1. The second-order valence-corrected chi connectivity index (χ2v) is 10.1. The lowest BCUT2D eigenvalue weighted by atomic mass is 10.2. The van der Waals surface area contributed by atoms with Gasteiger partial charge in [-0.05, 0) is 30.3 Å². The SMILES string of the molecule is O=C(CN1CCN(C(=O)c2ccco2)CC1)Nc1ccc(Cl)c(S(=O)(=O)N2CCOCC2)c1. The number of morpholine rings is 1. The Balaban J connectivity index is 1.33. The molecule has 2 aliphatic heterocycles. The van der Waals surface area contributed by atoms with Crippen LogP contribution in [0.15, 0.2) is 45.9 Å². The fraction of sp³-hybridized carbons (Fsp3) is 0.429. The molecule has 2 saturated heterocycles. The van der Waals surface area contributed by atoms with Crippen molar-refractivity contribution in [1.82, 2.24) is 14.1 Å². The van der Waals surface area contributed by atoms with E-state index < -0.39 is 10.0 Å². The lowest BCUT2D eigenvalue weighted by Gasteiger charge is -2.33. The van der Waals surface area contributed by atoms with Crippen LogP contribution in [0.1, 0.15) is 10.6 Å². The molecule has 178 valence electrons. The topological polar surface area (TPSA) is 112 Å². The summed E-state index contributed by atoms with van der Waals surface area (Å²) in [7, 11) is -3.80. The van der Waals surface area contributed by atoms with Crippen LogP contribution >= 0.6 is 11.6 Å². The maximum atomic E-state index is 13.0. The highest BCUT2D eigenvalue weighted by atomic mass is 35.5. The summed E-state index contributed by atoms with van der Waals surface area (Å²) >= 11 is 6.17. The third kappa shape index (κ3) is 5.56. The molecular weight excluding hydrogens is 472 g/mol. The Morgan fingerprint density at radius 3 is 2.42 bits per heavy atom. The van der Waals surface area contributed by atoms with E-state index in [1.807, 2.05) is 4.90 Å². The monoisotopic (exact) mass is 496 g/mol. The van der Waals surface area contributed by atoms with Crippen molar-refractivity contribution in [2.45, 2.75) is 4.90 Å². The standard InChI is InChI=1S/C21H25ClN4O6S/c22-17-4-3-16(14-19(17)33(29,30)26-9-12-31-13-10-26)23-20(27)15-24-5-7-25(8-6-24)21(28)18-2-1-11-32-18/h1-4,11,14H,5-10,12-13,15H2,(H,23,27). The average Bonchev–Trinajstić information content (AvgIpc) is 3.36. The molecule has 10 nitrogen and oxygen atoms in total. The van der Waals surface area contributed by atoms with Crippen LogP contribution < -0.4 is 5.32 Å². The van der Waals surface area contributed by atoms with Crippen LogP contribution in [0, 0.1) is 0 Å². The lowest BCUT2D eigenvalue weighted by molar-refractivity contribution is -0.117. The highest BCUT2D eigenvalue weighted by Crippen LogP contribution is 2.28. The Labute approximate surface area is 197 Å². The van der Waals surface area contributed by atoms with Crippen LogP contribution in [0.4, 0.5) is 5.69 Å². The summed E-state index contributed by atoms with van der Waals surface area (Å²) < 4.78 is 37.6. The number of piperazine rings is 1. The van der Waals surface area contributed by atoms with Crippen LogP contribution in [-0.4, -0.2) is 93.4 Å². The van der Waals surface area contributed by atoms with E-state index in [1.54, 1.807) is 23.1 Å². The summed E-state index contributed by atoms with van der Waals surface area (Å²) in [6.07, 6.45) is 1.46. The van der Waals surface area contributed by atoms with Gasteiger partial charge in [-0.2, -0.15) is 4.31 Å². The molecule has 0 aliphatic carbocycles. The van der Waals surface area contributed by atoms with Crippen molar-refractivity contribution < 1.29 is 27.2 Å². The number of furan rings is 1. The van der Waals surface area contributed by atoms with Crippen molar-refractivity contribution in [3.8, 4) is 0 Å². The fourth-order valence-electron chi connectivity index (χ4n) is 3.77. The molecule has 0 saturated carbocycles. The molecule has 0 spiro atoms. The number of rotatable bonds is 6. The maximum absolute atomic E-state index is 13.0. The van der Waals surface area contributed by atoms with Gasteiger partial charge in [0.15, 0.2) is 5.76 Å². The van der Waals surface area contributed by atoms with Crippen molar-refractivity contribution in [3.63, 3.8) is 0 Å². The zero-order chi connectivity index (χ0) is 23.4. The first kappa shape index (κ1) is 23.7. The second kappa shape index (κ2) is 10.2. The molecular formula is C21H25ClN4O6S. The van der Waals surface area contributed by atoms with Crippen molar-refractivity contribution in [3.05, 3.63) is 47.4 Å². The zero-order valence-electron chi connectivity index (χ0n) is 17.9. The van der Waals surface area contributed by atoms with Crippen LogP contribution in [0.3, 0.4) is 0 Å². The normalized spacial score (nSPS) is 18.3. The highest BCUT2D eigenvalue weighted by molar-refractivity contribution is 7.89. The van der Waals surface area contributed by atoms with E-state index in [0.717, 1.165) is 0 Å². The number of hydrogen-bond acceptors (Lipinski definition) is 7. The number of carbonyl (C=O) groups is 2. The zero-order valence-corrected chi connectivity index (χ0v) is 19.5. The van der Waals surface area contributed by atoms with E-state index >= 15 is 0 Å². The Bertz CT molecular complexity index is 1090.